The first-order chi connectivity index (χ1) is 17.0. The minimum atomic E-state index is -0.875. The number of aryl methyl sites for hydroxylation is 1. The first-order valence-corrected chi connectivity index (χ1v) is 12.2. The second-order valence-corrected chi connectivity index (χ2v) is 9.90. The molecule has 0 radical (unpaired) electrons. The maximum absolute atomic E-state index is 13.8. The Kier molecular flexibility index (Phi) is 8.63. The van der Waals surface area contributed by atoms with Gasteiger partial charge < -0.3 is 29.5 Å². The minimum absolute atomic E-state index is 0.0691. The number of carbonyl (C=O) groups is 2. The summed E-state index contributed by atoms with van der Waals surface area (Å²) in [6.45, 7) is 7.55. The van der Waals surface area contributed by atoms with E-state index in [9.17, 15) is 19.8 Å². The Morgan fingerprint density at radius 2 is 1.89 bits per heavy atom. The highest BCUT2D eigenvalue weighted by atomic mass is 16.5. The van der Waals surface area contributed by atoms with Gasteiger partial charge in [-0.1, -0.05) is 31.7 Å². The zero-order valence-electron chi connectivity index (χ0n) is 21.9. The average molecular weight is 497 g/mol. The normalized spacial score (nSPS) is 17.3. The smallest absolute Gasteiger partial charge is 0.295 e. The third-order valence-electron chi connectivity index (χ3n) is 6.15. The summed E-state index contributed by atoms with van der Waals surface area (Å²) in [4.78, 5) is 29.0. The lowest BCUT2D eigenvalue weighted by Crippen LogP contribution is -3.05. The number of quaternary nitrogens is 1. The first-order valence-electron chi connectivity index (χ1n) is 12.2. The highest BCUT2D eigenvalue weighted by Gasteiger charge is 2.44. The summed E-state index contributed by atoms with van der Waals surface area (Å²) in [5.74, 6) is -0.852. The quantitative estimate of drug-likeness (QED) is 0.294. The monoisotopic (exact) mass is 496 g/mol. The molecule has 0 aromatic heterocycles. The van der Waals surface area contributed by atoms with Crippen LogP contribution in [0.1, 0.15) is 43.0 Å². The topological polar surface area (TPSA) is 104 Å². The minimum Gasteiger partial charge on any atom is -0.872 e. The zero-order valence-corrected chi connectivity index (χ0v) is 21.9. The molecule has 1 amide bonds. The molecule has 1 heterocycles. The van der Waals surface area contributed by atoms with Crippen LogP contribution in [-0.4, -0.2) is 62.6 Å². The molecule has 0 spiro atoms. The van der Waals surface area contributed by atoms with Crippen LogP contribution >= 0.6 is 0 Å². The number of carbonyl (C=O) groups excluding carboxylic acids is 2. The number of methoxy groups -OCH3 is 1. The van der Waals surface area contributed by atoms with Gasteiger partial charge in [0, 0.05) is 18.5 Å². The van der Waals surface area contributed by atoms with Crippen molar-refractivity contribution < 1.29 is 34.2 Å². The van der Waals surface area contributed by atoms with Crippen molar-refractivity contribution in [1.82, 2.24) is 4.90 Å². The molecule has 0 saturated carbocycles. The van der Waals surface area contributed by atoms with Crippen molar-refractivity contribution in [2.75, 3.05) is 40.9 Å². The van der Waals surface area contributed by atoms with Crippen LogP contribution in [0.4, 0.5) is 0 Å². The van der Waals surface area contributed by atoms with E-state index < -0.39 is 23.5 Å². The SMILES string of the molecule is COc1cc(C2C(=C([O-])c3ccc(OCC(C)C)cc3C)C(=O)C(=O)N2CCC[NH+](C)C)ccc1O. The molecule has 1 fully saturated rings. The molecule has 8 nitrogen and oxygen atoms in total. The molecule has 1 saturated heterocycles. The van der Waals surface area contributed by atoms with Gasteiger partial charge in [0.1, 0.15) is 5.75 Å². The van der Waals surface area contributed by atoms with E-state index in [0.717, 1.165) is 6.54 Å². The lowest BCUT2D eigenvalue weighted by atomic mass is 9.93. The van der Waals surface area contributed by atoms with Gasteiger partial charge in [-0.05, 0) is 53.8 Å². The van der Waals surface area contributed by atoms with Gasteiger partial charge in [0.2, 0.25) is 5.78 Å². The predicted molar refractivity (Wildman–Crippen MR) is 135 cm³/mol. The van der Waals surface area contributed by atoms with Crippen molar-refractivity contribution in [2.24, 2.45) is 5.92 Å². The number of rotatable bonds is 10. The summed E-state index contributed by atoms with van der Waals surface area (Å²) < 4.78 is 11.0. The summed E-state index contributed by atoms with van der Waals surface area (Å²) in [5.41, 5.74) is 1.44. The molecule has 1 aliphatic rings. The Hall–Kier alpha value is -3.52. The standard InChI is InChI=1S/C28H36N2O6/c1-17(2)16-36-20-9-10-21(18(3)14-20)26(32)24-25(19-8-11-22(31)23(15-19)35-6)30(28(34)27(24)33)13-7-12-29(4)5/h8-11,14-15,17,25,31-32H,7,12-13,16H2,1-6H3. The highest BCUT2D eigenvalue weighted by molar-refractivity contribution is 6.46. The van der Waals surface area contributed by atoms with Gasteiger partial charge in [-0.25, -0.2) is 0 Å². The Bertz CT molecular complexity index is 1150. The number of nitrogens with zero attached hydrogens (tertiary/aromatic N) is 1. The number of amides is 1. The van der Waals surface area contributed by atoms with Crippen LogP contribution < -0.4 is 19.5 Å². The molecule has 0 bridgehead atoms. The number of hydrogen-bond donors (Lipinski definition) is 2. The van der Waals surface area contributed by atoms with Crippen LogP contribution in [0.2, 0.25) is 0 Å². The Morgan fingerprint density at radius 3 is 2.50 bits per heavy atom. The highest BCUT2D eigenvalue weighted by Crippen LogP contribution is 2.41. The first kappa shape index (κ1) is 27.1. The number of ether oxygens (including phenoxy) is 2. The molecule has 0 aliphatic carbocycles. The van der Waals surface area contributed by atoms with E-state index in [1.54, 1.807) is 37.3 Å². The van der Waals surface area contributed by atoms with Crippen molar-refractivity contribution in [3.63, 3.8) is 0 Å². The molecule has 2 N–H and O–H groups in total. The van der Waals surface area contributed by atoms with Gasteiger partial charge in [0.15, 0.2) is 11.5 Å². The largest absolute Gasteiger partial charge is 0.872 e. The van der Waals surface area contributed by atoms with Crippen LogP contribution in [0.3, 0.4) is 0 Å². The Balaban J connectivity index is 2.10. The maximum atomic E-state index is 13.8. The Labute approximate surface area is 212 Å². The number of nitrogens with one attached hydrogen (secondary N) is 1. The van der Waals surface area contributed by atoms with Crippen LogP contribution in [0.15, 0.2) is 42.0 Å². The molecule has 36 heavy (non-hydrogen) atoms. The molecule has 194 valence electrons. The second kappa shape index (κ2) is 11.5. The van der Waals surface area contributed by atoms with Gasteiger partial charge in [-0.3, -0.25) is 9.59 Å². The molecule has 1 unspecified atom stereocenters. The number of likely N-dealkylation sites (tertiary alicyclic amines) is 1. The van der Waals surface area contributed by atoms with Crippen molar-refractivity contribution in [2.45, 2.75) is 33.2 Å². The molecule has 8 heteroatoms. The van der Waals surface area contributed by atoms with E-state index in [0.29, 0.717) is 47.9 Å². The van der Waals surface area contributed by atoms with E-state index in [2.05, 4.69) is 0 Å². The van der Waals surface area contributed by atoms with Gasteiger partial charge in [0.25, 0.3) is 5.91 Å². The number of ketones is 1. The van der Waals surface area contributed by atoms with E-state index in [-0.39, 0.29) is 17.1 Å². The third kappa shape index (κ3) is 5.82. The fourth-order valence-electron chi connectivity index (χ4n) is 4.30. The number of phenolic OH excluding ortho intramolecular Hbond substituents is 1. The average Bonchev–Trinajstić information content (AvgIpc) is 3.07. The Morgan fingerprint density at radius 1 is 1.17 bits per heavy atom. The molecular weight excluding hydrogens is 460 g/mol. The van der Waals surface area contributed by atoms with Gasteiger partial charge in [-0.2, -0.15) is 0 Å². The number of aromatic hydroxyl groups is 1. The summed E-state index contributed by atoms with van der Waals surface area (Å²) >= 11 is 0. The molecular formula is C28H36N2O6. The number of hydrogen-bond acceptors (Lipinski definition) is 6. The van der Waals surface area contributed by atoms with Crippen LogP contribution in [-0.2, 0) is 9.59 Å². The van der Waals surface area contributed by atoms with Gasteiger partial charge >= 0.3 is 0 Å². The van der Waals surface area contributed by atoms with Crippen molar-refractivity contribution >= 4 is 17.4 Å². The van der Waals surface area contributed by atoms with E-state index >= 15 is 0 Å². The number of benzene rings is 2. The van der Waals surface area contributed by atoms with E-state index in [1.807, 2.05) is 27.9 Å². The van der Waals surface area contributed by atoms with E-state index in [4.69, 9.17) is 9.47 Å². The fourth-order valence-corrected chi connectivity index (χ4v) is 4.30. The summed E-state index contributed by atoms with van der Waals surface area (Å²) in [6.07, 6.45) is 0.662. The van der Waals surface area contributed by atoms with Crippen molar-refractivity contribution in [3.8, 4) is 17.2 Å². The lowest BCUT2D eigenvalue weighted by Gasteiger charge is -2.28. The third-order valence-corrected chi connectivity index (χ3v) is 6.15. The summed E-state index contributed by atoms with van der Waals surface area (Å²) in [6, 6.07) is 8.87. The zero-order chi connectivity index (χ0) is 26.6. The van der Waals surface area contributed by atoms with Crippen LogP contribution in [0.25, 0.3) is 5.76 Å². The molecule has 2 aromatic rings. The van der Waals surface area contributed by atoms with E-state index in [1.165, 1.54) is 23.0 Å². The second-order valence-electron chi connectivity index (χ2n) is 9.90. The van der Waals surface area contributed by atoms with Crippen molar-refractivity contribution in [3.05, 3.63) is 58.7 Å². The summed E-state index contributed by atoms with van der Waals surface area (Å²) in [5, 5.41) is 23.9. The number of Topliss-reactive ketones (excluding diaryl/α,β-unsaturated/α-hetero) is 1. The molecule has 1 atom stereocenters. The molecule has 3 rings (SSSR count). The van der Waals surface area contributed by atoms with Crippen molar-refractivity contribution in [1.29, 1.82) is 0 Å². The molecule has 1 aliphatic heterocycles. The van der Waals surface area contributed by atoms with Gasteiger partial charge in [-0.15, -0.1) is 0 Å². The maximum Gasteiger partial charge on any atom is 0.295 e. The van der Waals surface area contributed by atoms with Gasteiger partial charge in [0.05, 0.1) is 40.4 Å². The lowest BCUT2D eigenvalue weighted by molar-refractivity contribution is -0.858. The fraction of sp³-hybridized carbons (Fsp3) is 0.429. The number of phenols is 1. The van der Waals surface area contributed by atoms with Crippen LogP contribution in [0, 0.1) is 12.8 Å². The van der Waals surface area contributed by atoms with Crippen LogP contribution in [0.5, 0.6) is 17.2 Å². The molecule has 2 aromatic carbocycles. The predicted octanol–water partition coefficient (Wildman–Crippen LogP) is 1.50. The summed E-state index contributed by atoms with van der Waals surface area (Å²) in [7, 11) is 5.44.